The number of nitrogens with zero attached hydrogens (tertiary/aromatic N) is 1. The summed E-state index contributed by atoms with van der Waals surface area (Å²) < 4.78 is 5.02. The average molecular weight is 388 g/mol. The molecule has 0 saturated carbocycles. The van der Waals surface area contributed by atoms with E-state index in [0.717, 1.165) is 24.2 Å². The summed E-state index contributed by atoms with van der Waals surface area (Å²) in [7, 11) is 0. The lowest BCUT2D eigenvalue weighted by Crippen LogP contribution is -2.45. The molecule has 1 aliphatic rings. The molecule has 3 amide bonds. The normalized spacial score (nSPS) is 15.4. The van der Waals surface area contributed by atoms with Gasteiger partial charge in [0.05, 0.1) is 11.1 Å². The Labute approximate surface area is 165 Å². The summed E-state index contributed by atoms with van der Waals surface area (Å²) in [6.07, 6.45) is 2.95. The standard InChI is InChI=1S/C21H28N2O5/c1-13(2)8-7-9-14(3)22-18(24)12-28-21(27)15(4)23-19(25)16-10-5-6-11-17(16)20(23)26/h5-6,10-11,13-15H,7-9,12H2,1-4H3,(H,22,24)/t14-,15+/m0/s1. The van der Waals surface area contributed by atoms with Crippen LogP contribution < -0.4 is 5.32 Å². The molecule has 1 aromatic rings. The van der Waals surface area contributed by atoms with Crippen LogP contribution in [0.5, 0.6) is 0 Å². The van der Waals surface area contributed by atoms with Gasteiger partial charge in [0, 0.05) is 6.04 Å². The maximum absolute atomic E-state index is 12.4. The third-order valence-electron chi connectivity index (χ3n) is 4.73. The number of amides is 3. The van der Waals surface area contributed by atoms with Crippen LogP contribution in [-0.4, -0.2) is 47.3 Å². The number of ether oxygens (including phenoxy) is 1. The minimum absolute atomic E-state index is 0.0152. The van der Waals surface area contributed by atoms with Gasteiger partial charge in [0.25, 0.3) is 17.7 Å². The van der Waals surface area contributed by atoms with Crippen molar-refractivity contribution in [2.75, 3.05) is 6.61 Å². The molecule has 0 spiro atoms. The second-order valence-electron chi connectivity index (χ2n) is 7.60. The molecule has 1 heterocycles. The van der Waals surface area contributed by atoms with Crippen LogP contribution in [0.2, 0.25) is 0 Å². The van der Waals surface area contributed by atoms with Crippen LogP contribution in [-0.2, 0) is 14.3 Å². The van der Waals surface area contributed by atoms with E-state index in [-0.39, 0.29) is 17.2 Å². The fourth-order valence-corrected chi connectivity index (χ4v) is 3.14. The zero-order chi connectivity index (χ0) is 20.8. The highest BCUT2D eigenvalue weighted by Crippen LogP contribution is 2.24. The number of imide groups is 1. The first-order valence-electron chi connectivity index (χ1n) is 9.65. The second-order valence-corrected chi connectivity index (χ2v) is 7.60. The third-order valence-corrected chi connectivity index (χ3v) is 4.73. The number of nitrogens with one attached hydrogen (secondary N) is 1. The van der Waals surface area contributed by atoms with Gasteiger partial charge in [0.2, 0.25) is 0 Å². The van der Waals surface area contributed by atoms with Crippen LogP contribution in [0.15, 0.2) is 24.3 Å². The molecule has 152 valence electrons. The van der Waals surface area contributed by atoms with Crippen LogP contribution in [0.25, 0.3) is 0 Å². The maximum atomic E-state index is 12.4. The van der Waals surface area contributed by atoms with E-state index in [9.17, 15) is 19.2 Å². The molecule has 0 saturated heterocycles. The minimum Gasteiger partial charge on any atom is -0.454 e. The smallest absolute Gasteiger partial charge is 0.329 e. The lowest BCUT2D eigenvalue weighted by atomic mass is 10.0. The molecule has 1 aromatic carbocycles. The highest BCUT2D eigenvalue weighted by atomic mass is 16.5. The van der Waals surface area contributed by atoms with Gasteiger partial charge in [-0.3, -0.25) is 19.3 Å². The maximum Gasteiger partial charge on any atom is 0.329 e. The second kappa shape index (κ2) is 9.48. The highest BCUT2D eigenvalue weighted by molar-refractivity contribution is 6.22. The van der Waals surface area contributed by atoms with Crippen molar-refractivity contribution in [1.82, 2.24) is 10.2 Å². The molecule has 2 rings (SSSR count). The van der Waals surface area contributed by atoms with E-state index in [2.05, 4.69) is 19.2 Å². The van der Waals surface area contributed by atoms with Gasteiger partial charge in [-0.05, 0) is 38.3 Å². The lowest BCUT2D eigenvalue weighted by molar-refractivity contribution is -0.152. The van der Waals surface area contributed by atoms with Gasteiger partial charge in [-0.15, -0.1) is 0 Å². The summed E-state index contributed by atoms with van der Waals surface area (Å²) in [6.45, 7) is 7.18. The van der Waals surface area contributed by atoms with E-state index >= 15 is 0 Å². The quantitative estimate of drug-likeness (QED) is 0.518. The molecule has 0 radical (unpaired) electrons. The Hall–Kier alpha value is -2.70. The van der Waals surface area contributed by atoms with Crippen LogP contribution in [0, 0.1) is 5.92 Å². The Bertz CT molecular complexity index is 724. The number of benzene rings is 1. The van der Waals surface area contributed by atoms with Crippen molar-refractivity contribution in [2.45, 2.75) is 59.0 Å². The van der Waals surface area contributed by atoms with Gasteiger partial charge in [-0.25, -0.2) is 4.79 Å². The van der Waals surface area contributed by atoms with Gasteiger partial charge in [0.15, 0.2) is 6.61 Å². The van der Waals surface area contributed by atoms with Crippen molar-refractivity contribution >= 4 is 23.7 Å². The largest absolute Gasteiger partial charge is 0.454 e. The topological polar surface area (TPSA) is 92.8 Å². The van der Waals surface area contributed by atoms with Crippen molar-refractivity contribution in [3.8, 4) is 0 Å². The molecule has 1 N–H and O–H groups in total. The molecule has 0 unspecified atom stereocenters. The zero-order valence-electron chi connectivity index (χ0n) is 16.9. The van der Waals surface area contributed by atoms with Gasteiger partial charge >= 0.3 is 5.97 Å². The van der Waals surface area contributed by atoms with E-state index in [1.54, 1.807) is 24.3 Å². The summed E-state index contributed by atoms with van der Waals surface area (Å²) >= 11 is 0. The highest BCUT2D eigenvalue weighted by Gasteiger charge is 2.41. The molecule has 0 bridgehead atoms. The predicted octanol–water partition coefficient (Wildman–Crippen LogP) is 2.55. The number of fused-ring (bicyclic) bond motifs is 1. The number of hydrogen-bond donors (Lipinski definition) is 1. The van der Waals surface area contributed by atoms with Crippen molar-refractivity contribution in [2.24, 2.45) is 5.92 Å². The first kappa shape index (κ1) is 21.6. The lowest BCUT2D eigenvalue weighted by Gasteiger charge is -2.21. The SMILES string of the molecule is CC(C)CCC[C@H](C)NC(=O)COC(=O)[C@@H](C)N1C(=O)c2ccccc2C1=O. The summed E-state index contributed by atoms with van der Waals surface area (Å²) in [4.78, 5) is 49.9. The number of carbonyl (C=O) groups is 4. The molecule has 0 aliphatic carbocycles. The fourth-order valence-electron chi connectivity index (χ4n) is 3.14. The fraction of sp³-hybridized carbons (Fsp3) is 0.524. The van der Waals surface area contributed by atoms with E-state index < -0.39 is 36.3 Å². The van der Waals surface area contributed by atoms with E-state index in [4.69, 9.17) is 4.74 Å². The Morgan fingerprint density at radius 1 is 1.00 bits per heavy atom. The number of rotatable bonds is 9. The average Bonchev–Trinajstić information content (AvgIpc) is 2.90. The van der Waals surface area contributed by atoms with Crippen LogP contribution >= 0.6 is 0 Å². The van der Waals surface area contributed by atoms with Crippen molar-refractivity contribution < 1.29 is 23.9 Å². The summed E-state index contributed by atoms with van der Waals surface area (Å²) in [5.74, 6) is -1.65. The first-order chi connectivity index (χ1) is 13.2. The molecule has 7 heteroatoms. The van der Waals surface area contributed by atoms with E-state index in [1.807, 2.05) is 6.92 Å². The molecule has 7 nitrogen and oxygen atoms in total. The van der Waals surface area contributed by atoms with E-state index in [1.165, 1.54) is 6.92 Å². The Morgan fingerprint density at radius 3 is 2.11 bits per heavy atom. The predicted molar refractivity (Wildman–Crippen MR) is 104 cm³/mol. The number of hydrogen-bond acceptors (Lipinski definition) is 5. The molecular formula is C21H28N2O5. The molecule has 0 aromatic heterocycles. The van der Waals surface area contributed by atoms with Gasteiger partial charge in [0.1, 0.15) is 6.04 Å². The molecule has 0 fully saturated rings. The van der Waals surface area contributed by atoms with Crippen LogP contribution in [0.3, 0.4) is 0 Å². The van der Waals surface area contributed by atoms with Crippen molar-refractivity contribution in [3.05, 3.63) is 35.4 Å². The van der Waals surface area contributed by atoms with Crippen LogP contribution in [0.4, 0.5) is 0 Å². The monoisotopic (exact) mass is 388 g/mol. The van der Waals surface area contributed by atoms with Crippen molar-refractivity contribution in [3.63, 3.8) is 0 Å². The molecule has 1 aliphatic heterocycles. The van der Waals surface area contributed by atoms with Gasteiger partial charge < -0.3 is 10.1 Å². The molecule has 2 atom stereocenters. The third kappa shape index (κ3) is 5.18. The minimum atomic E-state index is -1.11. The van der Waals surface area contributed by atoms with Gasteiger partial charge in [-0.2, -0.15) is 0 Å². The van der Waals surface area contributed by atoms with E-state index in [0.29, 0.717) is 5.92 Å². The van der Waals surface area contributed by atoms with Crippen LogP contribution in [0.1, 0.15) is 67.7 Å². The Kier molecular flexibility index (Phi) is 7.31. The number of carbonyl (C=O) groups excluding carboxylic acids is 4. The first-order valence-corrected chi connectivity index (χ1v) is 9.65. The molecule has 28 heavy (non-hydrogen) atoms. The summed E-state index contributed by atoms with van der Waals surface area (Å²) in [6, 6.07) is 5.28. The summed E-state index contributed by atoms with van der Waals surface area (Å²) in [5, 5.41) is 2.79. The number of esters is 1. The Morgan fingerprint density at radius 2 is 1.57 bits per heavy atom. The Balaban J connectivity index is 1.82. The summed E-state index contributed by atoms with van der Waals surface area (Å²) in [5.41, 5.74) is 0.528. The molecular weight excluding hydrogens is 360 g/mol. The zero-order valence-corrected chi connectivity index (χ0v) is 16.9. The van der Waals surface area contributed by atoms with Crippen molar-refractivity contribution in [1.29, 1.82) is 0 Å². The van der Waals surface area contributed by atoms with Gasteiger partial charge in [-0.1, -0.05) is 38.8 Å².